The third-order valence-electron chi connectivity index (χ3n) is 2.81. The van der Waals surface area contributed by atoms with E-state index in [0.29, 0.717) is 0 Å². The second-order valence-electron chi connectivity index (χ2n) is 6.82. The predicted molar refractivity (Wildman–Crippen MR) is 78.2 cm³/mol. The molecule has 1 N–H and O–H groups in total. The lowest BCUT2D eigenvalue weighted by molar-refractivity contribution is 0.165. The van der Waals surface area contributed by atoms with Gasteiger partial charge in [0.1, 0.15) is 5.75 Å². The van der Waals surface area contributed by atoms with E-state index in [1.54, 1.807) is 0 Å². The molecular formula is C16H27NO. The van der Waals surface area contributed by atoms with Crippen LogP contribution >= 0.6 is 0 Å². The highest BCUT2D eigenvalue weighted by Gasteiger charge is 2.22. The summed E-state index contributed by atoms with van der Waals surface area (Å²) in [6, 6.07) is 8.16. The first-order valence-corrected chi connectivity index (χ1v) is 6.63. The summed E-state index contributed by atoms with van der Waals surface area (Å²) in [4.78, 5) is 0. The van der Waals surface area contributed by atoms with Gasteiger partial charge in [0.15, 0.2) is 0 Å². The Labute approximate surface area is 112 Å². The van der Waals surface area contributed by atoms with Crippen molar-refractivity contribution in [3.05, 3.63) is 29.8 Å². The molecule has 0 bridgehead atoms. The summed E-state index contributed by atoms with van der Waals surface area (Å²) in [5.74, 6) is 0.987. The third kappa shape index (κ3) is 5.54. The molecule has 0 aliphatic rings. The molecule has 2 nitrogen and oxygen atoms in total. The molecule has 0 fully saturated rings. The Kier molecular flexibility index (Phi) is 4.80. The maximum absolute atomic E-state index is 5.93. The van der Waals surface area contributed by atoms with Gasteiger partial charge in [-0.2, -0.15) is 0 Å². The number of hydrogen-bond donors (Lipinski definition) is 1. The minimum Gasteiger partial charge on any atom is -0.493 e. The summed E-state index contributed by atoms with van der Waals surface area (Å²) in [5, 5.41) is 3.53. The summed E-state index contributed by atoms with van der Waals surface area (Å²) < 4.78 is 5.93. The molecule has 0 radical (unpaired) electrons. The summed E-state index contributed by atoms with van der Waals surface area (Å²) in [7, 11) is 0. The molecular weight excluding hydrogens is 222 g/mol. The normalized spacial score (nSPS) is 12.6. The van der Waals surface area contributed by atoms with Gasteiger partial charge in [0, 0.05) is 17.5 Å². The summed E-state index contributed by atoms with van der Waals surface area (Å²) in [6.07, 6.45) is 0. The maximum atomic E-state index is 5.93. The van der Waals surface area contributed by atoms with Crippen molar-refractivity contribution in [3.8, 4) is 5.75 Å². The van der Waals surface area contributed by atoms with E-state index in [9.17, 15) is 0 Å². The lowest BCUT2D eigenvalue weighted by Crippen LogP contribution is -2.43. The monoisotopic (exact) mass is 249 g/mol. The Morgan fingerprint density at radius 2 is 1.67 bits per heavy atom. The van der Waals surface area contributed by atoms with Gasteiger partial charge in [-0.15, -0.1) is 0 Å². The van der Waals surface area contributed by atoms with Gasteiger partial charge in [0.25, 0.3) is 0 Å². The zero-order valence-corrected chi connectivity index (χ0v) is 12.6. The molecule has 18 heavy (non-hydrogen) atoms. The Balaban J connectivity index is 2.49. The van der Waals surface area contributed by atoms with E-state index in [1.807, 2.05) is 18.2 Å². The number of nitrogens with one attached hydrogen (secondary N) is 1. The first kappa shape index (κ1) is 15.0. The van der Waals surface area contributed by atoms with Crippen LogP contribution in [-0.2, 0) is 0 Å². The molecule has 1 aromatic carbocycles. The van der Waals surface area contributed by atoms with Crippen LogP contribution in [0.1, 0.15) is 40.2 Å². The fourth-order valence-electron chi connectivity index (χ4n) is 1.55. The first-order valence-electron chi connectivity index (χ1n) is 6.63. The van der Waals surface area contributed by atoms with E-state index < -0.39 is 0 Å². The molecule has 0 spiro atoms. The highest BCUT2D eigenvalue weighted by molar-refractivity contribution is 5.31. The molecule has 0 amide bonds. The number of para-hydroxylation sites is 1. The van der Waals surface area contributed by atoms with Crippen LogP contribution in [0.25, 0.3) is 0 Å². The number of aryl methyl sites for hydroxylation is 1. The van der Waals surface area contributed by atoms with Gasteiger partial charge < -0.3 is 10.1 Å². The van der Waals surface area contributed by atoms with Crippen LogP contribution in [0.4, 0.5) is 0 Å². The first-order chi connectivity index (χ1) is 8.20. The molecule has 0 aliphatic carbocycles. The molecule has 0 saturated heterocycles. The number of benzene rings is 1. The SMILES string of the molecule is Cc1ccccc1OCC(C)(C)CNC(C)(C)C. The minimum absolute atomic E-state index is 0.121. The van der Waals surface area contributed by atoms with E-state index in [-0.39, 0.29) is 11.0 Å². The van der Waals surface area contributed by atoms with Gasteiger partial charge in [0.2, 0.25) is 0 Å². The Bertz CT molecular complexity index is 377. The molecule has 0 aliphatic heterocycles. The van der Waals surface area contributed by atoms with Crippen molar-refractivity contribution in [2.45, 2.75) is 47.1 Å². The van der Waals surface area contributed by atoms with Crippen molar-refractivity contribution < 1.29 is 4.74 Å². The van der Waals surface area contributed by atoms with E-state index in [0.717, 1.165) is 18.9 Å². The number of hydrogen-bond acceptors (Lipinski definition) is 2. The topological polar surface area (TPSA) is 21.3 Å². The predicted octanol–water partition coefficient (Wildman–Crippen LogP) is 3.79. The maximum Gasteiger partial charge on any atom is 0.122 e. The summed E-state index contributed by atoms with van der Waals surface area (Å²) in [6.45, 7) is 14.8. The molecule has 0 heterocycles. The van der Waals surface area contributed by atoms with Crippen LogP contribution in [0.3, 0.4) is 0 Å². The van der Waals surface area contributed by atoms with Crippen LogP contribution in [0.5, 0.6) is 5.75 Å². The number of rotatable bonds is 5. The van der Waals surface area contributed by atoms with Crippen molar-refractivity contribution in [2.24, 2.45) is 5.41 Å². The fraction of sp³-hybridized carbons (Fsp3) is 0.625. The highest BCUT2D eigenvalue weighted by Crippen LogP contribution is 2.21. The van der Waals surface area contributed by atoms with Gasteiger partial charge in [-0.1, -0.05) is 32.0 Å². The Hall–Kier alpha value is -1.02. The largest absolute Gasteiger partial charge is 0.493 e. The lowest BCUT2D eigenvalue weighted by Gasteiger charge is -2.30. The zero-order chi connectivity index (χ0) is 13.8. The third-order valence-corrected chi connectivity index (χ3v) is 2.81. The van der Waals surface area contributed by atoms with Gasteiger partial charge in [-0.25, -0.2) is 0 Å². The van der Waals surface area contributed by atoms with E-state index in [2.05, 4.69) is 52.9 Å². The van der Waals surface area contributed by atoms with Gasteiger partial charge in [0.05, 0.1) is 6.61 Å². The molecule has 2 heteroatoms. The average Bonchev–Trinajstić information content (AvgIpc) is 2.25. The second kappa shape index (κ2) is 5.75. The second-order valence-corrected chi connectivity index (χ2v) is 6.82. The van der Waals surface area contributed by atoms with Crippen LogP contribution in [0.2, 0.25) is 0 Å². The van der Waals surface area contributed by atoms with Crippen LogP contribution < -0.4 is 10.1 Å². The quantitative estimate of drug-likeness (QED) is 0.857. The van der Waals surface area contributed by atoms with E-state index in [1.165, 1.54) is 5.56 Å². The molecule has 0 aromatic heterocycles. The van der Waals surface area contributed by atoms with E-state index in [4.69, 9.17) is 4.74 Å². The van der Waals surface area contributed by atoms with Gasteiger partial charge in [-0.05, 0) is 39.3 Å². The summed E-state index contributed by atoms with van der Waals surface area (Å²) in [5.41, 5.74) is 1.47. The van der Waals surface area contributed by atoms with E-state index >= 15 is 0 Å². The van der Waals surface area contributed by atoms with Gasteiger partial charge in [-0.3, -0.25) is 0 Å². The molecule has 0 saturated carbocycles. The zero-order valence-electron chi connectivity index (χ0n) is 12.6. The van der Waals surface area contributed by atoms with Crippen LogP contribution in [-0.4, -0.2) is 18.7 Å². The highest BCUT2D eigenvalue weighted by atomic mass is 16.5. The van der Waals surface area contributed by atoms with Crippen molar-refractivity contribution >= 4 is 0 Å². The molecule has 102 valence electrons. The number of ether oxygens (including phenoxy) is 1. The standard InChI is InChI=1S/C16H27NO/c1-13-9-7-8-10-14(13)18-12-16(5,6)11-17-15(2,3)4/h7-10,17H,11-12H2,1-6H3. The Morgan fingerprint density at radius 3 is 2.22 bits per heavy atom. The average molecular weight is 249 g/mol. The van der Waals surface area contributed by atoms with Crippen LogP contribution in [0, 0.1) is 12.3 Å². The fourth-order valence-corrected chi connectivity index (χ4v) is 1.55. The smallest absolute Gasteiger partial charge is 0.122 e. The lowest BCUT2D eigenvalue weighted by atomic mass is 9.93. The van der Waals surface area contributed by atoms with Crippen molar-refractivity contribution in [1.29, 1.82) is 0 Å². The minimum atomic E-state index is 0.121. The van der Waals surface area contributed by atoms with Crippen molar-refractivity contribution in [3.63, 3.8) is 0 Å². The molecule has 1 rings (SSSR count). The molecule has 1 aromatic rings. The van der Waals surface area contributed by atoms with Crippen LogP contribution in [0.15, 0.2) is 24.3 Å². The van der Waals surface area contributed by atoms with Crippen molar-refractivity contribution in [1.82, 2.24) is 5.32 Å². The molecule has 0 unspecified atom stereocenters. The summed E-state index contributed by atoms with van der Waals surface area (Å²) >= 11 is 0. The van der Waals surface area contributed by atoms with Gasteiger partial charge >= 0.3 is 0 Å². The Morgan fingerprint density at radius 1 is 1.06 bits per heavy atom. The van der Waals surface area contributed by atoms with Crippen molar-refractivity contribution in [2.75, 3.05) is 13.2 Å². The molecule has 0 atom stereocenters.